The van der Waals surface area contributed by atoms with Gasteiger partial charge in [0, 0.05) is 98.4 Å². The number of anilines is 2. The minimum atomic E-state index is -0.984. The summed E-state index contributed by atoms with van der Waals surface area (Å²) in [6, 6.07) is 28.4. The first kappa shape index (κ1) is 67.4. The molecule has 4 saturated carbocycles. The molecule has 0 aliphatic heterocycles. The number of amides is 1. The third kappa shape index (κ3) is 17.9. The summed E-state index contributed by atoms with van der Waals surface area (Å²) in [7, 11) is 3.63. The molecule has 4 aliphatic rings. The number of nitrogen functional groups attached to an aromatic ring is 2. The number of nitrogens with zero attached hydrogens (tertiary/aromatic N) is 16. The molecule has 10 aromatic heterocycles. The van der Waals surface area contributed by atoms with Crippen LogP contribution in [0.15, 0.2) is 147 Å². The predicted octanol–water partition coefficient (Wildman–Crippen LogP) is 10.5. The van der Waals surface area contributed by atoms with Crippen LogP contribution in [0.5, 0.6) is 17.6 Å². The summed E-state index contributed by atoms with van der Waals surface area (Å²) in [5.74, 6) is 3.03. The van der Waals surface area contributed by atoms with Crippen LogP contribution in [-0.4, -0.2) is 117 Å². The molecule has 9 N–H and O–H groups in total. The van der Waals surface area contributed by atoms with E-state index in [9.17, 15) is 19.1 Å². The number of carboxylic acid groups (broad SMARTS) is 1. The number of fused-ring (bicyclic) bond motifs is 4. The molecule has 4 fully saturated rings. The smallest absolute Gasteiger partial charge is 0.335 e. The molecular weight excluding hydrogens is 1250 g/mol. The summed E-state index contributed by atoms with van der Waals surface area (Å²) in [6.07, 6.45) is 23.5. The largest absolute Gasteiger partial charge is 0.486 e. The van der Waals surface area contributed by atoms with Crippen molar-refractivity contribution in [1.82, 2.24) is 74.0 Å². The van der Waals surface area contributed by atoms with Gasteiger partial charge in [-0.25, -0.2) is 43.5 Å². The van der Waals surface area contributed by atoms with Gasteiger partial charge in [0.05, 0.1) is 62.0 Å². The van der Waals surface area contributed by atoms with E-state index in [1.54, 1.807) is 93.1 Å². The maximum atomic E-state index is 13.2. The molecule has 0 bridgehead atoms. The summed E-state index contributed by atoms with van der Waals surface area (Å²) in [5, 5.41) is 39.2. The molecule has 1 amide bonds. The van der Waals surface area contributed by atoms with Crippen LogP contribution >= 0.6 is 0 Å². The van der Waals surface area contributed by atoms with Crippen molar-refractivity contribution in [3.63, 3.8) is 0 Å². The van der Waals surface area contributed by atoms with Gasteiger partial charge in [0.1, 0.15) is 0 Å². The second-order valence-electron chi connectivity index (χ2n) is 23.7. The van der Waals surface area contributed by atoms with Gasteiger partial charge >= 0.3 is 5.97 Å². The van der Waals surface area contributed by atoms with Crippen LogP contribution < -0.4 is 36.7 Å². The standard InChI is InChI=1S/C25H24N8O2.C15H12N6O2.C10H10N2O.C10H14N2O.C6H3FN2.C4H8O/c1-32-21-10-18(23(34)28-12-17-3-2-7-27-24(17)35-14-15-4-5-15)9-19(20(21)13-29-32)16-6-8-33-22(11-16)30-25(26)31-33;1-20-12-5-9(14(22)23)4-10(11(12)7-17-20)8-2-3-21-13(6-8)18-15(16)19-21;1-11-9-3-2-6-12-10(9)13-7-8-4-5-8;11-6-9-2-1-5-12-10(9)13-7-8-3-4-8;1-8-5-3-2-4-9-6(5)7;5-3-4-1-2-4/h2-3,6-11,13,15H,4-5,12,14H2,1H3,(H2,26,31)(H,28,34);2-7H,1H3,(H2,16,19)(H,22,23);2-3,6,8H,4-5,7H2;1-2,5,8H,3-4,6-7,11H2;2-4H;4-5H,1-3H2. The number of benzene rings is 2. The van der Waals surface area contributed by atoms with Crippen molar-refractivity contribution in [3.05, 3.63) is 198 Å². The van der Waals surface area contributed by atoms with Crippen molar-refractivity contribution in [2.75, 3.05) is 37.9 Å². The zero-order chi connectivity index (χ0) is 68.7. The molecule has 4 aliphatic carbocycles. The number of nitrogens with one attached hydrogen (secondary N) is 1. The van der Waals surface area contributed by atoms with Gasteiger partial charge < -0.3 is 46.9 Å². The molecule has 12 aromatic rings. The van der Waals surface area contributed by atoms with Gasteiger partial charge in [-0.1, -0.05) is 30.3 Å². The van der Waals surface area contributed by atoms with E-state index in [2.05, 4.69) is 65.3 Å². The molecule has 0 radical (unpaired) electrons. The Bertz CT molecular complexity index is 4870. The average Bonchev–Trinajstić information content (AvgIpc) is 1.54. The van der Waals surface area contributed by atoms with E-state index >= 15 is 0 Å². The summed E-state index contributed by atoms with van der Waals surface area (Å²) < 4.78 is 35.7. The number of hydrogen-bond acceptors (Lipinski definition) is 19. The predicted molar refractivity (Wildman–Crippen MR) is 364 cm³/mol. The number of aryl methyl sites for hydroxylation is 2. The number of halogens is 1. The first-order chi connectivity index (χ1) is 47.6. The topological polar surface area (TPSA) is 349 Å². The molecule has 0 unspecified atom stereocenters. The first-order valence-electron chi connectivity index (χ1n) is 31.7. The summed E-state index contributed by atoms with van der Waals surface area (Å²) in [4.78, 5) is 55.0. The Balaban J connectivity index is 0.000000132. The number of aromatic nitrogens is 14. The van der Waals surface area contributed by atoms with Crippen LogP contribution in [0.3, 0.4) is 0 Å². The fourth-order valence-electron chi connectivity index (χ4n) is 9.82. The Labute approximate surface area is 561 Å². The van der Waals surface area contributed by atoms with Gasteiger partial charge in [0.2, 0.25) is 46.9 Å². The number of hydrogen-bond donors (Lipinski definition) is 6. The molecule has 0 saturated heterocycles. The normalized spacial score (nSPS) is 13.5. The first-order valence-corrected chi connectivity index (χ1v) is 31.7. The number of aliphatic hydroxyl groups excluding tert-OH is 1. The molecule has 27 nitrogen and oxygen atoms in total. The Morgan fingerprint density at radius 2 is 1.05 bits per heavy atom. The number of carbonyl (C=O) groups is 2. The van der Waals surface area contributed by atoms with Gasteiger partial charge in [0.15, 0.2) is 11.3 Å². The van der Waals surface area contributed by atoms with E-state index in [4.69, 9.17) is 49.7 Å². The molecule has 16 rings (SSSR count). The Kier molecular flexibility index (Phi) is 21.7. The fraction of sp³-hybridized carbons (Fsp3) is 0.286. The van der Waals surface area contributed by atoms with Crippen LogP contribution in [-0.2, 0) is 27.2 Å². The van der Waals surface area contributed by atoms with Gasteiger partial charge in [-0.15, -0.1) is 10.2 Å². The Hall–Kier alpha value is -12.0. The van der Waals surface area contributed by atoms with Gasteiger partial charge in [-0.3, -0.25) is 14.2 Å². The lowest BCUT2D eigenvalue weighted by Crippen LogP contribution is -2.23. The number of aromatic carboxylic acids is 1. The summed E-state index contributed by atoms with van der Waals surface area (Å²) >= 11 is 0. The van der Waals surface area contributed by atoms with Gasteiger partial charge in [-0.05, 0) is 164 Å². The second kappa shape index (κ2) is 31.5. The molecule has 10 heterocycles. The minimum Gasteiger partial charge on any atom is -0.486 e. The number of aliphatic hydroxyl groups is 1. The molecular formula is C70H71FN20O7. The highest BCUT2D eigenvalue weighted by Crippen LogP contribution is 2.35. The van der Waals surface area contributed by atoms with Gasteiger partial charge in [-0.2, -0.15) is 24.6 Å². The van der Waals surface area contributed by atoms with E-state index in [0.29, 0.717) is 90.8 Å². The fourth-order valence-corrected chi connectivity index (χ4v) is 9.82. The number of pyridine rings is 6. The molecule has 98 heavy (non-hydrogen) atoms. The lowest BCUT2D eigenvalue weighted by molar-refractivity contribution is 0.0696. The van der Waals surface area contributed by atoms with Gasteiger partial charge in [0.25, 0.3) is 5.91 Å². The van der Waals surface area contributed by atoms with Crippen LogP contribution in [0.1, 0.15) is 83.2 Å². The molecule has 0 spiro atoms. The highest BCUT2D eigenvalue weighted by molar-refractivity contribution is 6.04. The summed E-state index contributed by atoms with van der Waals surface area (Å²) in [6.45, 7) is 16.7. The van der Waals surface area contributed by atoms with E-state index in [-0.39, 0.29) is 29.1 Å². The van der Waals surface area contributed by atoms with Crippen molar-refractivity contribution in [1.29, 1.82) is 0 Å². The second-order valence-corrected chi connectivity index (χ2v) is 23.7. The molecule has 0 atom stereocenters. The Morgan fingerprint density at radius 1 is 0.602 bits per heavy atom. The zero-order valence-electron chi connectivity index (χ0n) is 53.8. The van der Waals surface area contributed by atoms with E-state index < -0.39 is 11.9 Å². The molecule has 500 valence electrons. The molecule has 28 heteroatoms. The molecule has 2 aromatic carbocycles. The maximum Gasteiger partial charge on any atom is 0.335 e. The minimum absolute atomic E-state index is 0.0301. The quantitative estimate of drug-likeness (QED) is 0.0364. The van der Waals surface area contributed by atoms with Crippen molar-refractivity contribution in [3.8, 4) is 39.9 Å². The van der Waals surface area contributed by atoms with Crippen molar-refractivity contribution < 1.29 is 38.4 Å². The number of carboxylic acids is 1. The highest BCUT2D eigenvalue weighted by atomic mass is 19.1. The SMILES string of the molecule is Cn1ncc2c(-c3ccn4nc(N)nc4c3)cc(C(=O)NCc3cccnc3OCC3CC3)cc21.Cn1ncc2c(-c3ccn4nc(N)nc4c3)cc(C(=O)O)cc21.NCc1cccnc1OCC1CC1.OCC1CC1.[C-]#[N+]c1cccnc1F.[C-]#[N+]c1cccnc1OCC1CC1. The third-order valence-corrected chi connectivity index (χ3v) is 16.1. The van der Waals surface area contributed by atoms with Crippen LogP contribution in [0.4, 0.5) is 27.7 Å². The van der Waals surface area contributed by atoms with Crippen molar-refractivity contribution in [2.24, 2.45) is 43.5 Å². The lowest BCUT2D eigenvalue weighted by atomic mass is 9.99. The zero-order valence-corrected chi connectivity index (χ0v) is 53.8. The number of ether oxygens (including phenoxy) is 3. The number of nitrogens with two attached hydrogens (primary N) is 3. The van der Waals surface area contributed by atoms with E-state index in [0.717, 1.165) is 67.7 Å². The average molecular weight is 1320 g/mol. The monoisotopic (exact) mass is 1320 g/mol. The van der Waals surface area contributed by atoms with E-state index in [1.807, 2.05) is 67.7 Å². The summed E-state index contributed by atoms with van der Waals surface area (Å²) in [5.41, 5.74) is 26.1. The Morgan fingerprint density at radius 3 is 1.51 bits per heavy atom. The van der Waals surface area contributed by atoms with Crippen LogP contribution in [0, 0.1) is 42.8 Å². The highest BCUT2D eigenvalue weighted by Gasteiger charge is 2.25. The number of carbonyl (C=O) groups excluding carboxylic acids is 1. The van der Waals surface area contributed by atoms with E-state index in [1.165, 1.54) is 69.7 Å². The maximum absolute atomic E-state index is 13.2. The third-order valence-electron chi connectivity index (χ3n) is 16.1. The van der Waals surface area contributed by atoms with Crippen LogP contribution in [0.25, 0.3) is 65.0 Å². The van der Waals surface area contributed by atoms with Crippen LogP contribution in [0.2, 0.25) is 0 Å². The van der Waals surface area contributed by atoms with Crippen molar-refractivity contribution >= 4 is 68.2 Å². The lowest BCUT2D eigenvalue weighted by Gasteiger charge is -2.12. The number of rotatable bonds is 17. The van der Waals surface area contributed by atoms with Crippen molar-refractivity contribution in [2.45, 2.75) is 64.5 Å².